The molecule has 178 valence electrons. The van der Waals surface area contributed by atoms with E-state index in [1.165, 1.54) is 6.42 Å². The molecule has 2 fully saturated rings. The fourth-order valence-electron chi connectivity index (χ4n) is 4.50. The summed E-state index contributed by atoms with van der Waals surface area (Å²) in [5, 5.41) is 9.83. The van der Waals surface area contributed by atoms with Crippen molar-refractivity contribution in [3.05, 3.63) is 29.8 Å². The smallest absolute Gasteiger partial charge is 0.253 e. The van der Waals surface area contributed by atoms with E-state index >= 15 is 0 Å². The predicted octanol–water partition coefficient (Wildman–Crippen LogP) is 3.70. The molecule has 32 heavy (non-hydrogen) atoms. The molecule has 3 N–H and O–H groups in total. The van der Waals surface area contributed by atoms with Crippen molar-refractivity contribution in [2.75, 3.05) is 31.6 Å². The lowest BCUT2D eigenvalue weighted by Crippen LogP contribution is -2.47. The summed E-state index contributed by atoms with van der Waals surface area (Å²) in [6, 6.07) is 7.85. The van der Waals surface area contributed by atoms with Gasteiger partial charge in [0, 0.05) is 37.9 Å². The van der Waals surface area contributed by atoms with Crippen LogP contribution >= 0.6 is 0 Å². The Kier molecular flexibility index (Phi) is 8.93. The fraction of sp³-hybridized carbons (Fsp3) is 0.680. The molecule has 1 aromatic rings. The minimum absolute atomic E-state index is 0.0683. The molecule has 2 saturated heterocycles. The summed E-state index contributed by atoms with van der Waals surface area (Å²) in [4.78, 5) is 17.1. The molecule has 2 heterocycles. The van der Waals surface area contributed by atoms with Crippen molar-refractivity contribution in [3.63, 3.8) is 0 Å². The Hall–Kier alpha value is -2.12. The quantitative estimate of drug-likeness (QED) is 0.441. The van der Waals surface area contributed by atoms with Crippen molar-refractivity contribution < 1.29 is 14.3 Å². The molecular formula is C25H40N4O3. The van der Waals surface area contributed by atoms with Gasteiger partial charge in [0.2, 0.25) is 0 Å². The van der Waals surface area contributed by atoms with E-state index < -0.39 is 0 Å². The van der Waals surface area contributed by atoms with Gasteiger partial charge in [-0.15, -0.1) is 0 Å². The van der Waals surface area contributed by atoms with Crippen LogP contribution in [0.4, 0.5) is 5.69 Å². The van der Waals surface area contributed by atoms with Crippen LogP contribution in [0.1, 0.15) is 58.9 Å². The number of nitrogens with zero attached hydrogens (tertiary/aromatic N) is 1. The zero-order chi connectivity index (χ0) is 23.0. The minimum atomic E-state index is -0.332. The average molecular weight is 445 g/mol. The molecular weight excluding hydrogens is 404 g/mol. The fourth-order valence-corrected chi connectivity index (χ4v) is 4.50. The number of carbonyl (C=O) groups is 1. The van der Waals surface area contributed by atoms with E-state index in [4.69, 9.17) is 14.5 Å². The third-order valence-electron chi connectivity index (χ3n) is 6.01. The normalized spacial score (nSPS) is 24.2. The lowest BCUT2D eigenvalue weighted by molar-refractivity contribution is -0.124. The van der Waals surface area contributed by atoms with Gasteiger partial charge in [0.25, 0.3) is 5.91 Å². The Morgan fingerprint density at radius 2 is 1.91 bits per heavy atom. The summed E-state index contributed by atoms with van der Waals surface area (Å²) in [5.74, 6) is 1.20. The van der Waals surface area contributed by atoms with Crippen LogP contribution in [-0.2, 0) is 20.8 Å². The molecule has 7 nitrogen and oxygen atoms in total. The first-order valence-corrected chi connectivity index (χ1v) is 12.0. The zero-order valence-corrected chi connectivity index (χ0v) is 20.1. The number of hydrogen-bond donors (Lipinski definition) is 3. The number of aliphatic imine (C=N–C) groups is 1. The third-order valence-corrected chi connectivity index (χ3v) is 6.01. The number of amides is 1. The minimum Gasteiger partial charge on any atom is -0.377 e. The second-order valence-electron chi connectivity index (χ2n) is 9.83. The van der Waals surface area contributed by atoms with Crippen LogP contribution in [0.5, 0.6) is 0 Å². The van der Waals surface area contributed by atoms with Gasteiger partial charge in [-0.2, -0.15) is 0 Å². The summed E-state index contributed by atoms with van der Waals surface area (Å²) in [6.45, 7) is 12.5. The number of rotatable bonds is 7. The molecule has 0 spiro atoms. The highest BCUT2D eigenvalue weighted by atomic mass is 16.5. The molecule has 1 aromatic carbocycles. The predicted molar refractivity (Wildman–Crippen MR) is 129 cm³/mol. The van der Waals surface area contributed by atoms with E-state index in [2.05, 4.69) is 43.6 Å². The monoisotopic (exact) mass is 444 g/mol. The van der Waals surface area contributed by atoms with Crippen molar-refractivity contribution in [2.45, 2.75) is 72.1 Å². The Morgan fingerprint density at radius 3 is 2.62 bits per heavy atom. The van der Waals surface area contributed by atoms with Crippen molar-refractivity contribution in [2.24, 2.45) is 16.3 Å². The Bertz CT molecular complexity index is 769. The average Bonchev–Trinajstić information content (AvgIpc) is 3.31. The molecule has 0 bridgehead atoms. The first kappa shape index (κ1) is 24.5. The van der Waals surface area contributed by atoms with Crippen LogP contribution in [0, 0.1) is 11.3 Å². The number of guanidine groups is 1. The van der Waals surface area contributed by atoms with Gasteiger partial charge in [-0.1, -0.05) is 32.9 Å². The number of carbonyl (C=O) groups excluding carboxylic acids is 1. The van der Waals surface area contributed by atoms with Gasteiger partial charge in [-0.05, 0) is 55.7 Å². The van der Waals surface area contributed by atoms with Crippen molar-refractivity contribution in [1.82, 2.24) is 10.6 Å². The van der Waals surface area contributed by atoms with Crippen LogP contribution in [0.2, 0.25) is 0 Å². The first-order chi connectivity index (χ1) is 15.4. The molecule has 0 radical (unpaired) electrons. The van der Waals surface area contributed by atoms with Crippen LogP contribution in [0.3, 0.4) is 0 Å². The van der Waals surface area contributed by atoms with Gasteiger partial charge >= 0.3 is 0 Å². The van der Waals surface area contributed by atoms with E-state index in [-0.39, 0.29) is 23.5 Å². The Balaban J connectivity index is 1.58. The molecule has 3 unspecified atom stereocenters. The third kappa shape index (κ3) is 7.20. The number of anilines is 1. The molecule has 0 saturated carbocycles. The maximum absolute atomic E-state index is 12.3. The highest BCUT2D eigenvalue weighted by Crippen LogP contribution is 2.33. The largest absolute Gasteiger partial charge is 0.377 e. The van der Waals surface area contributed by atoms with Crippen LogP contribution < -0.4 is 16.0 Å². The molecule has 7 heteroatoms. The summed E-state index contributed by atoms with van der Waals surface area (Å²) in [7, 11) is 0. The van der Waals surface area contributed by atoms with E-state index in [9.17, 15) is 4.79 Å². The van der Waals surface area contributed by atoms with Gasteiger partial charge in [-0.25, -0.2) is 4.99 Å². The van der Waals surface area contributed by atoms with Crippen molar-refractivity contribution in [3.8, 4) is 0 Å². The summed E-state index contributed by atoms with van der Waals surface area (Å²) >= 11 is 0. The van der Waals surface area contributed by atoms with Gasteiger partial charge in [-0.3, -0.25) is 4.79 Å². The SMILES string of the molecule is CCNC(=NCc1cccc(NC(=O)C2CCCO2)c1)NCC1CCCOC1C(C)(C)C. The van der Waals surface area contributed by atoms with Gasteiger partial charge in [0.1, 0.15) is 6.10 Å². The van der Waals surface area contributed by atoms with E-state index in [0.717, 1.165) is 56.2 Å². The lowest BCUT2D eigenvalue weighted by Gasteiger charge is -2.40. The standard InChI is InChI=1S/C25H40N4O3/c1-5-26-24(28-17-19-10-7-14-32-22(19)25(2,3)4)27-16-18-9-6-11-20(15-18)29-23(30)21-12-8-13-31-21/h6,9,11,15,19,21-22H,5,7-8,10,12-14,16-17H2,1-4H3,(H,29,30)(H2,26,27,28). The number of ether oxygens (including phenoxy) is 2. The highest BCUT2D eigenvalue weighted by Gasteiger charge is 2.35. The van der Waals surface area contributed by atoms with Gasteiger partial charge < -0.3 is 25.4 Å². The molecule has 0 aromatic heterocycles. The van der Waals surface area contributed by atoms with Crippen molar-refractivity contribution in [1.29, 1.82) is 0 Å². The maximum Gasteiger partial charge on any atom is 0.253 e. The molecule has 1 amide bonds. The number of hydrogen-bond acceptors (Lipinski definition) is 4. The van der Waals surface area contributed by atoms with Gasteiger partial charge in [0.15, 0.2) is 5.96 Å². The highest BCUT2D eigenvalue weighted by molar-refractivity contribution is 5.94. The first-order valence-electron chi connectivity index (χ1n) is 12.0. The molecule has 3 atom stereocenters. The lowest BCUT2D eigenvalue weighted by atomic mass is 9.78. The van der Waals surface area contributed by atoms with E-state index in [1.807, 2.05) is 24.3 Å². The summed E-state index contributed by atoms with van der Waals surface area (Å²) < 4.78 is 11.6. The van der Waals surface area contributed by atoms with Crippen LogP contribution in [0.15, 0.2) is 29.3 Å². The maximum atomic E-state index is 12.3. The number of nitrogens with one attached hydrogen (secondary N) is 3. The summed E-state index contributed by atoms with van der Waals surface area (Å²) in [6.07, 6.45) is 3.92. The molecule has 2 aliphatic heterocycles. The van der Waals surface area contributed by atoms with Crippen LogP contribution in [0.25, 0.3) is 0 Å². The second-order valence-corrected chi connectivity index (χ2v) is 9.83. The van der Waals surface area contributed by atoms with Gasteiger partial charge in [0.05, 0.1) is 12.6 Å². The Morgan fingerprint density at radius 1 is 1.12 bits per heavy atom. The zero-order valence-electron chi connectivity index (χ0n) is 20.1. The number of benzene rings is 1. The topological polar surface area (TPSA) is 84.0 Å². The second kappa shape index (κ2) is 11.7. The van der Waals surface area contributed by atoms with E-state index in [1.54, 1.807) is 0 Å². The molecule has 0 aliphatic carbocycles. The molecule has 2 aliphatic rings. The van der Waals surface area contributed by atoms with Crippen LogP contribution in [-0.4, -0.2) is 50.4 Å². The Labute approximate surface area is 192 Å². The summed E-state index contributed by atoms with van der Waals surface area (Å²) in [5.41, 5.74) is 1.95. The van der Waals surface area contributed by atoms with E-state index in [0.29, 0.717) is 19.1 Å². The van der Waals surface area contributed by atoms with Crippen molar-refractivity contribution >= 4 is 17.6 Å². The molecule has 3 rings (SSSR count).